The number of para-hydroxylation sites is 1. The molecule has 1 aromatic rings. The molecule has 1 saturated heterocycles. The quantitative estimate of drug-likeness (QED) is 0.805. The third kappa shape index (κ3) is 3.41. The molecule has 0 spiro atoms. The van der Waals surface area contributed by atoms with E-state index >= 15 is 0 Å². The Morgan fingerprint density at radius 3 is 2.71 bits per heavy atom. The highest BCUT2D eigenvalue weighted by Crippen LogP contribution is 2.18. The summed E-state index contributed by atoms with van der Waals surface area (Å²) >= 11 is 0. The minimum atomic E-state index is -0.194. The summed E-state index contributed by atoms with van der Waals surface area (Å²) in [6.45, 7) is 2.23. The minimum absolute atomic E-state index is 0.141. The highest BCUT2D eigenvalue weighted by Gasteiger charge is 2.15. The summed E-state index contributed by atoms with van der Waals surface area (Å²) in [4.78, 5) is 1.89. The van der Waals surface area contributed by atoms with Crippen molar-refractivity contribution in [1.29, 1.82) is 0 Å². The molecule has 0 saturated carbocycles. The summed E-state index contributed by atoms with van der Waals surface area (Å²) in [5.74, 6) is -0.194. The van der Waals surface area contributed by atoms with E-state index in [1.54, 1.807) is 12.1 Å². The molecule has 1 aliphatic heterocycles. The van der Waals surface area contributed by atoms with Gasteiger partial charge in [-0.3, -0.25) is 0 Å². The first-order valence-corrected chi connectivity index (χ1v) is 5.96. The summed E-state index contributed by atoms with van der Waals surface area (Å²) < 4.78 is 24.4. The largest absolute Gasteiger partial charge is 0.372 e. The molecule has 4 heteroatoms. The van der Waals surface area contributed by atoms with Crippen LogP contribution < -0.4 is 4.90 Å². The lowest BCUT2D eigenvalue weighted by Crippen LogP contribution is -2.30. The monoisotopic (exact) mass is 239 g/mol. The van der Waals surface area contributed by atoms with Crippen LogP contribution in [-0.4, -0.2) is 33.1 Å². The topological polar surface area (TPSA) is 21.7 Å². The number of hydrogen-bond donors (Lipinski definition) is 0. The summed E-state index contributed by atoms with van der Waals surface area (Å²) in [7, 11) is 1.88. The Hall–Kier alpha value is -1.13. The number of rotatable bonds is 4. The van der Waals surface area contributed by atoms with Crippen molar-refractivity contribution in [2.75, 3.05) is 31.7 Å². The highest BCUT2D eigenvalue weighted by atomic mass is 19.1. The van der Waals surface area contributed by atoms with Crippen molar-refractivity contribution >= 4 is 5.69 Å². The van der Waals surface area contributed by atoms with Gasteiger partial charge in [-0.25, -0.2) is 4.39 Å². The summed E-state index contributed by atoms with van der Waals surface area (Å²) in [5, 5.41) is 0. The second kappa shape index (κ2) is 5.98. The first kappa shape index (κ1) is 12.3. The van der Waals surface area contributed by atoms with Crippen LogP contribution in [0, 0.1) is 5.82 Å². The number of anilines is 1. The van der Waals surface area contributed by atoms with Crippen molar-refractivity contribution in [1.82, 2.24) is 0 Å². The van der Waals surface area contributed by atoms with E-state index in [1.165, 1.54) is 6.07 Å². The van der Waals surface area contributed by atoms with Crippen molar-refractivity contribution < 1.29 is 13.9 Å². The van der Waals surface area contributed by atoms with Crippen LogP contribution in [0.4, 0.5) is 10.1 Å². The molecule has 2 rings (SSSR count). The zero-order chi connectivity index (χ0) is 12.1. The van der Waals surface area contributed by atoms with Crippen LogP contribution >= 0.6 is 0 Å². The molecule has 3 nitrogen and oxygen atoms in total. The Balaban J connectivity index is 1.84. The van der Waals surface area contributed by atoms with E-state index in [0.717, 1.165) is 26.1 Å². The van der Waals surface area contributed by atoms with Gasteiger partial charge in [0.1, 0.15) is 5.82 Å². The van der Waals surface area contributed by atoms with Gasteiger partial charge in [0, 0.05) is 20.0 Å². The van der Waals surface area contributed by atoms with Crippen LogP contribution in [0.5, 0.6) is 0 Å². The van der Waals surface area contributed by atoms with Crippen molar-refractivity contribution in [2.24, 2.45) is 0 Å². The Labute approximate surface area is 101 Å². The number of nitrogens with zero attached hydrogens (tertiary/aromatic N) is 1. The van der Waals surface area contributed by atoms with Gasteiger partial charge < -0.3 is 14.4 Å². The lowest BCUT2D eigenvalue weighted by Gasteiger charge is -2.26. The molecule has 0 aromatic heterocycles. The van der Waals surface area contributed by atoms with Crippen molar-refractivity contribution in [3.05, 3.63) is 30.1 Å². The Morgan fingerprint density at radius 1 is 1.29 bits per heavy atom. The van der Waals surface area contributed by atoms with Gasteiger partial charge >= 0.3 is 0 Å². The second-order valence-corrected chi connectivity index (χ2v) is 4.19. The van der Waals surface area contributed by atoms with E-state index in [4.69, 9.17) is 9.47 Å². The van der Waals surface area contributed by atoms with Crippen LogP contribution in [0.3, 0.4) is 0 Å². The van der Waals surface area contributed by atoms with E-state index in [0.29, 0.717) is 12.2 Å². The summed E-state index contributed by atoms with van der Waals surface area (Å²) in [5.41, 5.74) is 0.614. The van der Waals surface area contributed by atoms with Crippen LogP contribution in [0.2, 0.25) is 0 Å². The molecule has 1 heterocycles. The molecule has 0 aliphatic carbocycles. The number of ether oxygens (including phenoxy) is 2. The van der Waals surface area contributed by atoms with E-state index in [1.807, 2.05) is 18.0 Å². The van der Waals surface area contributed by atoms with Gasteiger partial charge in [-0.05, 0) is 18.6 Å². The van der Waals surface area contributed by atoms with Crippen molar-refractivity contribution in [3.63, 3.8) is 0 Å². The molecule has 1 aliphatic rings. The maximum absolute atomic E-state index is 13.5. The Morgan fingerprint density at radius 2 is 2.00 bits per heavy atom. The van der Waals surface area contributed by atoms with Gasteiger partial charge in [-0.1, -0.05) is 12.1 Å². The van der Waals surface area contributed by atoms with Gasteiger partial charge in [0.05, 0.1) is 18.9 Å². The number of benzene rings is 1. The van der Waals surface area contributed by atoms with E-state index in [-0.39, 0.29) is 12.1 Å². The first-order chi connectivity index (χ1) is 8.27. The third-order valence-electron chi connectivity index (χ3n) is 2.86. The van der Waals surface area contributed by atoms with Crippen LogP contribution in [0.15, 0.2) is 24.3 Å². The summed E-state index contributed by atoms with van der Waals surface area (Å²) in [6.07, 6.45) is 1.57. The predicted octanol–water partition coefficient (Wildman–Crippen LogP) is 2.42. The molecule has 94 valence electrons. The van der Waals surface area contributed by atoms with Gasteiger partial charge in [0.25, 0.3) is 0 Å². The number of hydrogen-bond acceptors (Lipinski definition) is 3. The predicted molar refractivity (Wildman–Crippen MR) is 64.6 cm³/mol. The third-order valence-corrected chi connectivity index (χ3v) is 2.86. The average molecular weight is 239 g/mol. The molecule has 0 unspecified atom stereocenters. The first-order valence-electron chi connectivity index (χ1n) is 5.96. The fraction of sp³-hybridized carbons (Fsp3) is 0.538. The molecular formula is C13H18FNO2. The Bertz CT molecular complexity index is 353. The fourth-order valence-electron chi connectivity index (χ4n) is 1.88. The van der Waals surface area contributed by atoms with E-state index in [2.05, 4.69) is 0 Å². The van der Waals surface area contributed by atoms with Gasteiger partial charge in [0.15, 0.2) is 6.29 Å². The second-order valence-electron chi connectivity index (χ2n) is 4.19. The maximum Gasteiger partial charge on any atom is 0.159 e. The Kier molecular flexibility index (Phi) is 4.34. The molecule has 0 atom stereocenters. The minimum Gasteiger partial charge on any atom is -0.372 e. The smallest absolute Gasteiger partial charge is 0.159 e. The van der Waals surface area contributed by atoms with Crippen molar-refractivity contribution in [2.45, 2.75) is 19.1 Å². The highest BCUT2D eigenvalue weighted by molar-refractivity contribution is 5.46. The molecule has 0 amide bonds. The summed E-state index contributed by atoms with van der Waals surface area (Å²) in [6, 6.07) is 6.78. The zero-order valence-electron chi connectivity index (χ0n) is 10.1. The lowest BCUT2D eigenvalue weighted by atomic mass is 10.2. The average Bonchev–Trinajstić information content (AvgIpc) is 2.38. The maximum atomic E-state index is 13.5. The lowest BCUT2D eigenvalue weighted by molar-refractivity contribution is -0.179. The van der Waals surface area contributed by atoms with Crippen molar-refractivity contribution in [3.8, 4) is 0 Å². The molecule has 0 N–H and O–H groups in total. The SMILES string of the molecule is CN(CCC1OCCCO1)c1ccccc1F. The molecule has 1 fully saturated rings. The van der Waals surface area contributed by atoms with Gasteiger partial charge in [-0.15, -0.1) is 0 Å². The molecular weight excluding hydrogens is 221 g/mol. The molecule has 1 aromatic carbocycles. The number of halogens is 1. The zero-order valence-corrected chi connectivity index (χ0v) is 10.1. The van der Waals surface area contributed by atoms with E-state index in [9.17, 15) is 4.39 Å². The molecule has 0 radical (unpaired) electrons. The van der Waals surface area contributed by atoms with Crippen LogP contribution in [0.1, 0.15) is 12.8 Å². The van der Waals surface area contributed by atoms with Gasteiger partial charge in [0.2, 0.25) is 0 Å². The normalized spacial score (nSPS) is 17.1. The fourth-order valence-corrected chi connectivity index (χ4v) is 1.88. The molecule has 17 heavy (non-hydrogen) atoms. The standard InChI is InChI=1S/C13H18FNO2/c1-15(12-6-3-2-5-11(12)14)8-7-13-16-9-4-10-17-13/h2-3,5-6,13H,4,7-10H2,1H3. The van der Waals surface area contributed by atoms with Crippen LogP contribution in [0.25, 0.3) is 0 Å². The molecule has 0 bridgehead atoms. The van der Waals surface area contributed by atoms with Crippen LogP contribution in [-0.2, 0) is 9.47 Å². The van der Waals surface area contributed by atoms with E-state index < -0.39 is 0 Å². The van der Waals surface area contributed by atoms with Gasteiger partial charge in [-0.2, -0.15) is 0 Å².